The minimum absolute atomic E-state index is 0.490. The molecule has 30 heavy (non-hydrogen) atoms. The average molecular weight is 391 g/mol. The summed E-state index contributed by atoms with van der Waals surface area (Å²) in [6.07, 6.45) is 7.69. The van der Waals surface area contributed by atoms with Crippen molar-refractivity contribution in [1.82, 2.24) is 0 Å². The quantitative estimate of drug-likeness (QED) is 0.312. The molecule has 0 heteroatoms. The van der Waals surface area contributed by atoms with Gasteiger partial charge in [0.2, 0.25) is 0 Å². The van der Waals surface area contributed by atoms with Gasteiger partial charge in [-0.1, -0.05) is 110 Å². The number of rotatable bonds is 6. The molecule has 1 fully saturated rings. The molecular weight excluding hydrogens is 360 g/mol. The summed E-state index contributed by atoms with van der Waals surface area (Å²) in [6, 6.07) is 36.2. The fraction of sp³-hybridized carbons (Fsp3) is 0.267. The standard InChI is InChI=1S/C30H30/c1-2-8-26(9-3-1)30(22-24-16-19-27-12-6-7-13-29(27)21-24)20-23-14-17-28(18-15-23)25-10-4-5-11-25/h1-3,6-9,12-19,21,25,30H,4-5,10-11,20,22H2. The molecule has 0 nitrogen and oxygen atoms in total. The predicted octanol–water partition coefficient (Wildman–Crippen LogP) is 8.07. The highest BCUT2D eigenvalue weighted by Crippen LogP contribution is 2.34. The molecule has 0 saturated heterocycles. The van der Waals surface area contributed by atoms with Crippen LogP contribution < -0.4 is 0 Å². The smallest absolute Gasteiger partial charge is 0.00810 e. The highest BCUT2D eigenvalue weighted by Gasteiger charge is 2.18. The van der Waals surface area contributed by atoms with Gasteiger partial charge in [0.25, 0.3) is 0 Å². The molecule has 0 spiro atoms. The molecule has 4 aromatic rings. The third kappa shape index (κ3) is 4.33. The van der Waals surface area contributed by atoms with E-state index in [1.54, 1.807) is 5.56 Å². The van der Waals surface area contributed by atoms with Crippen LogP contribution in [-0.4, -0.2) is 0 Å². The van der Waals surface area contributed by atoms with Crippen molar-refractivity contribution in [2.24, 2.45) is 0 Å². The molecule has 1 atom stereocenters. The van der Waals surface area contributed by atoms with E-state index in [4.69, 9.17) is 0 Å². The van der Waals surface area contributed by atoms with Crippen molar-refractivity contribution in [3.63, 3.8) is 0 Å². The summed E-state index contributed by atoms with van der Waals surface area (Å²) in [5.74, 6) is 1.28. The zero-order valence-electron chi connectivity index (χ0n) is 17.6. The van der Waals surface area contributed by atoms with E-state index < -0.39 is 0 Å². The first-order chi connectivity index (χ1) is 14.8. The van der Waals surface area contributed by atoms with Crippen molar-refractivity contribution < 1.29 is 0 Å². The Bertz CT molecular complexity index is 1090. The van der Waals surface area contributed by atoms with E-state index in [0.29, 0.717) is 5.92 Å². The Labute approximate surface area is 180 Å². The van der Waals surface area contributed by atoms with Gasteiger partial charge in [0.15, 0.2) is 0 Å². The van der Waals surface area contributed by atoms with Crippen molar-refractivity contribution in [3.05, 3.63) is 119 Å². The van der Waals surface area contributed by atoms with E-state index in [1.807, 2.05) is 0 Å². The van der Waals surface area contributed by atoms with Gasteiger partial charge >= 0.3 is 0 Å². The number of fused-ring (bicyclic) bond motifs is 1. The summed E-state index contributed by atoms with van der Waals surface area (Å²) >= 11 is 0. The molecule has 0 amide bonds. The third-order valence-electron chi connectivity index (χ3n) is 6.86. The van der Waals surface area contributed by atoms with Crippen LogP contribution in [0.2, 0.25) is 0 Å². The maximum atomic E-state index is 2.39. The Morgan fingerprint density at radius 1 is 0.600 bits per heavy atom. The molecule has 1 unspecified atom stereocenters. The largest absolute Gasteiger partial charge is 0.0622 e. The lowest BCUT2D eigenvalue weighted by Crippen LogP contribution is -2.07. The Hall–Kier alpha value is -2.86. The lowest BCUT2D eigenvalue weighted by atomic mass is 9.85. The first-order valence-corrected chi connectivity index (χ1v) is 11.5. The molecule has 5 rings (SSSR count). The van der Waals surface area contributed by atoms with Crippen LogP contribution in [0.5, 0.6) is 0 Å². The molecule has 1 aliphatic rings. The lowest BCUT2D eigenvalue weighted by molar-refractivity contribution is 0.678. The maximum Gasteiger partial charge on any atom is -0.00810 e. The van der Waals surface area contributed by atoms with Gasteiger partial charge in [-0.3, -0.25) is 0 Å². The van der Waals surface area contributed by atoms with Crippen LogP contribution in [0.15, 0.2) is 97.1 Å². The maximum absolute atomic E-state index is 2.39. The van der Waals surface area contributed by atoms with Crippen molar-refractivity contribution in [1.29, 1.82) is 0 Å². The van der Waals surface area contributed by atoms with Gasteiger partial charge in [0.1, 0.15) is 0 Å². The highest BCUT2D eigenvalue weighted by atomic mass is 14.2. The van der Waals surface area contributed by atoms with Crippen molar-refractivity contribution in [3.8, 4) is 0 Å². The van der Waals surface area contributed by atoms with Crippen LogP contribution in [0.1, 0.15) is 59.8 Å². The SMILES string of the molecule is c1ccc(C(Cc2ccc(C3CCCC3)cc2)Cc2ccc3ccccc3c2)cc1. The molecule has 1 saturated carbocycles. The molecule has 0 heterocycles. The summed E-state index contributed by atoms with van der Waals surface area (Å²) in [5.41, 5.74) is 5.85. The Balaban J connectivity index is 1.39. The average Bonchev–Trinajstić information content (AvgIpc) is 3.35. The molecule has 0 radical (unpaired) electrons. The second kappa shape index (κ2) is 8.88. The number of hydrogen-bond acceptors (Lipinski definition) is 0. The summed E-state index contributed by atoms with van der Waals surface area (Å²) in [7, 11) is 0. The topological polar surface area (TPSA) is 0 Å². The van der Waals surface area contributed by atoms with Gasteiger partial charge < -0.3 is 0 Å². The molecule has 0 aliphatic heterocycles. The van der Waals surface area contributed by atoms with Crippen LogP contribution in [0, 0.1) is 0 Å². The molecule has 0 bridgehead atoms. The third-order valence-corrected chi connectivity index (χ3v) is 6.86. The van der Waals surface area contributed by atoms with Crippen LogP contribution in [0.25, 0.3) is 10.8 Å². The summed E-state index contributed by atoms with van der Waals surface area (Å²) < 4.78 is 0. The predicted molar refractivity (Wildman–Crippen MR) is 128 cm³/mol. The van der Waals surface area contributed by atoms with Gasteiger partial charge in [-0.05, 0) is 70.5 Å². The minimum Gasteiger partial charge on any atom is -0.0622 e. The van der Waals surface area contributed by atoms with E-state index in [0.717, 1.165) is 18.8 Å². The second-order valence-electron chi connectivity index (χ2n) is 8.92. The number of hydrogen-bond donors (Lipinski definition) is 0. The number of benzene rings is 4. The van der Waals surface area contributed by atoms with E-state index >= 15 is 0 Å². The van der Waals surface area contributed by atoms with Crippen LogP contribution in [0.4, 0.5) is 0 Å². The lowest BCUT2D eigenvalue weighted by Gasteiger charge is -2.19. The van der Waals surface area contributed by atoms with Crippen LogP contribution in [0.3, 0.4) is 0 Å². The van der Waals surface area contributed by atoms with Gasteiger partial charge in [0.05, 0.1) is 0 Å². The zero-order valence-corrected chi connectivity index (χ0v) is 17.6. The van der Waals surface area contributed by atoms with E-state index in [2.05, 4.69) is 97.1 Å². The molecule has 0 N–H and O–H groups in total. The van der Waals surface area contributed by atoms with Gasteiger partial charge in [-0.15, -0.1) is 0 Å². The summed E-state index contributed by atoms with van der Waals surface area (Å²) in [5, 5.41) is 2.66. The minimum atomic E-state index is 0.490. The zero-order chi connectivity index (χ0) is 20.2. The van der Waals surface area contributed by atoms with Crippen molar-refractivity contribution in [2.75, 3.05) is 0 Å². The Morgan fingerprint density at radius 2 is 1.23 bits per heavy atom. The summed E-state index contributed by atoms with van der Waals surface area (Å²) in [4.78, 5) is 0. The van der Waals surface area contributed by atoms with Gasteiger partial charge in [-0.25, -0.2) is 0 Å². The van der Waals surface area contributed by atoms with E-state index in [1.165, 1.54) is 53.1 Å². The van der Waals surface area contributed by atoms with Crippen LogP contribution >= 0.6 is 0 Å². The Morgan fingerprint density at radius 3 is 2.00 bits per heavy atom. The molecule has 0 aromatic heterocycles. The van der Waals surface area contributed by atoms with Crippen molar-refractivity contribution >= 4 is 10.8 Å². The van der Waals surface area contributed by atoms with Crippen LogP contribution in [-0.2, 0) is 12.8 Å². The molecular formula is C30H30. The highest BCUT2D eigenvalue weighted by molar-refractivity contribution is 5.83. The van der Waals surface area contributed by atoms with E-state index in [9.17, 15) is 0 Å². The van der Waals surface area contributed by atoms with Gasteiger partial charge in [0, 0.05) is 0 Å². The summed E-state index contributed by atoms with van der Waals surface area (Å²) in [6.45, 7) is 0. The molecule has 1 aliphatic carbocycles. The molecule has 150 valence electrons. The fourth-order valence-corrected chi connectivity index (χ4v) is 5.15. The Kier molecular flexibility index (Phi) is 5.66. The normalized spacial score (nSPS) is 15.5. The second-order valence-corrected chi connectivity index (χ2v) is 8.92. The first-order valence-electron chi connectivity index (χ1n) is 11.5. The van der Waals surface area contributed by atoms with Crippen molar-refractivity contribution in [2.45, 2.75) is 50.4 Å². The van der Waals surface area contributed by atoms with E-state index in [-0.39, 0.29) is 0 Å². The fourth-order valence-electron chi connectivity index (χ4n) is 5.15. The van der Waals surface area contributed by atoms with Gasteiger partial charge in [-0.2, -0.15) is 0 Å². The molecule has 4 aromatic carbocycles. The first kappa shape index (κ1) is 19.1. The monoisotopic (exact) mass is 390 g/mol.